The second-order valence-electron chi connectivity index (χ2n) is 4.59. The van der Waals surface area contributed by atoms with Gasteiger partial charge in [0.05, 0.1) is 18.8 Å². The number of likely N-dealkylation sites (N-methyl/N-ethyl adjacent to an activating group) is 1. The third-order valence-corrected chi connectivity index (χ3v) is 3.54. The number of hydrogen-bond donors (Lipinski definition) is 2. The highest BCUT2D eigenvalue weighted by atomic mass is 32.1. The predicted octanol–water partition coefficient (Wildman–Crippen LogP) is -0.0246. The van der Waals surface area contributed by atoms with Gasteiger partial charge in [-0.05, 0) is 18.6 Å². The van der Waals surface area contributed by atoms with Gasteiger partial charge in [0.2, 0.25) is 5.91 Å². The maximum Gasteiger partial charge on any atom is 0.244 e. The number of hydrogen-bond acceptors (Lipinski definition) is 5. The number of nitrogens with zero attached hydrogens (tertiary/aromatic N) is 2. The number of aromatic nitrogens is 1. The Bertz CT molecular complexity index is 535. The molecule has 1 atom stereocenters. The lowest BCUT2D eigenvalue weighted by Gasteiger charge is -2.36. The van der Waals surface area contributed by atoms with E-state index in [9.17, 15) is 4.79 Å². The molecule has 108 valence electrons. The highest BCUT2D eigenvalue weighted by molar-refractivity contribution is 7.80. The first kappa shape index (κ1) is 14.7. The molecule has 3 N–H and O–H groups in total. The van der Waals surface area contributed by atoms with Crippen molar-refractivity contribution >= 4 is 28.9 Å². The minimum atomic E-state index is -0.420. The fourth-order valence-corrected chi connectivity index (χ4v) is 2.56. The zero-order valence-electron chi connectivity index (χ0n) is 11.5. The van der Waals surface area contributed by atoms with Gasteiger partial charge in [-0.3, -0.25) is 4.79 Å². The third kappa shape index (κ3) is 2.73. The molecule has 7 heteroatoms. The molecule has 0 radical (unpaired) electrons. The van der Waals surface area contributed by atoms with Crippen LogP contribution in [0.1, 0.15) is 11.1 Å². The average molecular weight is 294 g/mol. The molecule has 1 amide bonds. The van der Waals surface area contributed by atoms with Gasteiger partial charge in [-0.25, -0.2) is 4.98 Å². The van der Waals surface area contributed by atoms with Crippen molar-refractivity contribution < 1.29 is 9.53 Å². The minimum Gasteiger partial charge on any atom is -0.389 e. The average Bonchev–Trinajstić information content (AvgIpc) is 2.45. The van der Waals surface area contributed by atoms with Crippen LogP contribution in [-0.2, 0) is 9.53 Å². The number of anilines is 1. The standard InChI is InChI=1S/C13H18N4O2S/c1-8-3-4-16-12(10(8)11(14)20)17-5-6-19-7-9(17)13(18)15-2/h3-4,9H,5-7H2,1-2H3,(H2,14,20)(H,15,18). The summed E-state index contributed by atoms with van der Waals surface area (Å²) in [5, 5.41) is 2.65. The Hall–Kier alpha value is -1.73. The molecule has 0 saturated carbocycles. The molecule has 1 aromatic rings. The van der Waals surface area contributed by atoms with Gasteiger partial charge in [-0.1, -0.05) is 12.2 Å². The zero-order chi connectivity index (χ0) is 14.7. The summed E-state index contributed by atoms with van der Waals surface area (Å²) in [5.41, 5.74) is 7.48. The molecule has 1 aliphatic heterocycles. The van der Waals surface area contributed by atoms with Crippen LogP contribution in [0.5, 0.6) is 0 Å². The van der Waals surface area contributed by atoms with Crippen LogP contribution < -0.4 is 16.0 Å². The molecule has 1 aromatic heterocycles. The molecule has 1 saturated heterocycles. The monoisotopic (exact) mass is 294 g/mol. The van der Waals surface area contributed by atoms with Gasteiger partial charge >= 0.3 is 0 Å². The number of amides is 1. The van der Waals surface area contributed by atoms with E-state index >= 15 is 0 Å². The van der Waals surface area contributed by atoms with Crippen LogP contribution in [0.4, 0.5) is 5.82 Å². The Kier molecular flexibility index (Phi) is 4.51. The molecule has 0 aromatic carbocycles. The van der Waals surface area contributed by atoms with Crippen molar-refractivity contribution in [2.45, 2.75) is 13.0 Å². The topological polar surface area (TPSA) is 80.5 Å². The third-order valence-electron chi connectivity index (χ3n) is 3.34. The fraction of sp³-hybridized carbons (Fsp3) is 0.462. The predicted molar refractivity (Wildman–Crippen MR) is 80.9 cm³/mol. The van der Waals surface area contributed by atoms with Crippen LogP contribution in [-0.4, -0.2) is 48.7 Å². The fourth-order valence-electron chi connectivity index (χ4n) is 2.31. The molecule has 2 rings (SSSR count). The van der Waals surface area contributed by atoms with E-state index in [-0.39, 0.29) is 10.9 Å². The highest BCUT2D eigenvalue weighted by Crippen LogP contribution is 2.24. The first-order valence-electron chi connectivity index (χ1n) is 6.37. The largest absolute Gasteiger partial charge is 0.389 e. The Morgan fingerprint density at radius 1 is 1.65 bits per heavy atom. The van der Waals surface area contributed by atoms with Crippen LogP contribution >= 0.6 is 12.2 Å². The Morgan fingerprint density at radius 3 is 3.05 bits per heavy atom. The van der Waals surface area contributed by atoms with Crippen molar-refractivity contribution in [3.63, 3.8) is 0 Å². The summed E-state index contributed by atoms with van der Waals surface area (Å²) in [6.07, 6.45) is 1.70. The number of carbonyl (C=O) groups excluding carboxylic acids is 1. The first-order chi connectivity index (χ1) is 9.56. The van der Waals surface area contributed by atoms with E-state index in [0.29, 0.717) is 25.6 Å². The van der Waals surface area contributed by atoms with Gasteiger partial charge < -0.3 is 20.7 Å². The van der Waals surface area contributed by atoms with E-state index in [2.05, 4.69) is 10.3 Å². The van der Waals surface area contributed by atoms with Gasteiger partial charge in [0, 0.05) is 19.8 Å². The lowest BCUT2D eigenvalue weighted by molar-refractivity contribution is -0.124. The number of ether oxygens (including phenoxy) is 1. The number of rotatable bonds is 3. The second kappa shape index (κ2) is 6.15. The highest BCUT2D eigenvalue weighted by Gasteiger charge is 2.31. The lowest BCUT2D eigenvalue weighted by Crippen LogP contribution is -2.54. The van der Waals surface area contributed by atoms with Crippen LogP contribution in [0.25, 0.3) is 0 Å². The van der Waals surface area contributed by atoms with Gasteiger partial charge in [-0.15, -0.1) is 0 Å². The molecule has 20 heavy (non-hydrogen) atoms. The van der Waals surface area contributed by atoms with Crippen molar-refractivity contribution in [3.8, 4) is 0 Å². The van der Waals surface area contributed by atoms with Crippen LogP contribution in [0.15, 0.2) is 12.3 Å². The smallest absolute Gasteiger partial charge is 0.244 e. The maximum atomic E-state index is 12.0. The number of nitrogens with one attached hydrogen (secondary N) is 1. The van der Waals surface area contributed by atoms with E-state index < -0.39 is 6.04 Å². The molecular weight excluding hydrogens is 276 g/mol. The second-order valence-corrected chi connectivity index (χ2v) is 5.03. The Labute approximate surface area is 123 Å². The number of nitrogens with two attached hydrogens (primary N) is 1. The van der Waals surface area contributed by atoms with Gasteiger partial charge in [0.1, 0.15) is 16.8 Å². The van der Waals surface area contributed by atoms with Crippen molar-refractivity contribution in [2.75, 3.05) is 31.7 Å². The number of aryl methyl sites for hydroxylation is 1. The molecule has 1 fully saturated rings. The Morgan fingerprint density at radius 2 is 2.40 bits per heavy atom. The summed E-state index contributed by atoms with van der Waals surface area (Å²) in [4.78, 5) is 18.6. The van der Waals surface area contributed by atoms with E-state index in [0.717, 1.165) is 11.1 Å². The van der Waals surface area contributed by atoms with Crippen molar-refractivity contribution in [1.82, 2.24) is 10.3 Å². The summed E-state index contributed by atoms with van der Waals surface area (Å²) in [7, 11) is 1.60. The molecule has 1 unspecified atom stereocenters. The van der Waals surface area contributed by atoms with Crippen LogP contribution in [0, 0.1) is 6.92 Å². The van der Waals surface area contributed by atoms with Crippen molar-refractivity contribution in [3.05, 3.63) is 23.4 Å². The molecule has 6 nitrogen and oxygen atoms in total. The maximum absolute atomic E-state index is 12.0. The zero-order valence-corrected chi connectivity index (χ0v) is 12.4. The SMILES string of the molecule is CNC(=O)C1COCCN1c1nccc(C)c1C(N)=S. The quantitative estimate of drug-likeness (QED) is 0.762. The van der Waals surface area contributed by atoms with Gasteiger partial charge in [0.15, 0.2) is 0 Å². The van der Waals surface area contributed by atoms with Gasteiger partial charge in [-0.2, -0.15) is 0 Å². The summed E-state index contributed by atoms with van der Waals surface area (Å²) in [6, 6.07) is 1.43. The molecular formula is C13H18N4O2S. The minimum absolute atomic E-state index is 0.109. The van der Waals surface area contributed by atoms with Crippen molar-refractivity contribution in [1.29, 1.82) is 0 Å². The van der Waals surface area contributed by atoms with E-state index in [1.165, 1.54) is 0 Å². The summed E-state index contributed by atoms with van der Waals surface area (Å²) in [6.45, 7) is 3.37. The van der Waals surface area contributed by atoms with Crippen LogP contribution in [0.3, 0.4) is 0 Å². The number of carbonyl (C=O) groups is 1. The first-order valence-corrected chi connectivity index (χ1v) is 6.78. The normalized spacial score (nSPS) is 18.7. The van der Waals surface area contributed by atoms with E-state index in [4.69, 9.17) is 22.7 Å². The van der Waals surface area contributed by atoms with E-state index in [1.807, 2.05) is 17.9 Å². The number of pyridine rings is 1. The summed E-state index contributed by atoms with van der Waals surface area (Å²) in [5.74, 6) is 0.538. The molecule has 2 heterocycles. The van der Waals surface area contributed by atoms with Crippen LogP contribution in [0.2, 0.25) is 0 Å². The molecule has 0 bridgehead atoms. The van der Waals surface area contributed by atoms with E-state index in [1.54, 1.807) is 13.2 Å². The lowest BCUT2D eigenvalue weighted by atomic mass is 10.1. The summed E-state index contributed by atoms with van der Waals surface area (Å²) < 4.78 is 5.39. The Balaban J connectivity index is 2.45. The van der Waals surface area contributed by atoms with Crippen molar-refractivity contribution in [2.24, 2.45) is 5.73 Å². The molecule has 0 spiro atoms. The number of thiocarbonyl (C=S) groups is 1. The molecule has 0 aliphatic carbocycles. The van der Waals surface area contributed by atoms with Gasteiger partial charge in [0.25, 0.3) is 0 Å². The summed E-state index contributed by atoms with van der Waals surface area (Å²) >= 11 is 5.12. The number of morpholine rings is 1. The molecule has 1 aliphatic rings.